The summed E-state index contributed by atoms with van der Waals surface area (Å²) in [4.78, 5) is 24.5. The first-order valence-corrected chi connectivity index (χ1v) is 11.8. The Morgan fingerprint density at radius 2 is 2.12 bits per heavy atom. The van der Waals surface area contributed by atoms with Crippen molar-refractivity contribution in [3.63, 3.8) is 0 Å². The van der Waals surface area contributed by atoms with Crippen molar-refractivity contribution < 1.29 is 9.53 Å². The highest BCUT2D eigenvalue weighted by Gasteiger charge is 2.30. The van der Waals surface area contributed by atoms with Crippen molar-refractivity contribution in [3.05, 3.63) is 68.9 Å². The Morgan fingerprint density at radius 3 is 2.91 bits per heavy atom. The van der Waals surface area contributed by atoms with Crippen molar-refractivity contribution in [2.24, 2.45) is 0 Å². The molecule has 0 spiro atoms. The van der Waals surface area contributed by atoms with Crippen LogP contribution in [0.4, 0.5) is 0 Å². The molecule has 1 aromatic carbocycles. The van der Waals surface area contributed by atoms with Crippen LogP contribution in [0.5, 0.6) is 0 Å². The summed E-state index contributed by atoms with van der Waals surface area (Å²) in [5.41, 5.74) is 6.39. The normalized spacial score (nSPS) is 20.4. The molecule has 1 fully saturated rings. The standard InChI is InChI=1S/C25H25N5O2S/c1-14-6-22(27-8-17(14)7-26)24-28-9-18(33-24)11-30-10-15(2)29-23(12-30)19-4-5-20-21(16(19)3)13-32-25(20)31/h4-6,8-9,15,23,29H,10-13H2,1-3H3/t15-,23+/m0/s1. The van der Waals surface area contributed by atoms with Crippen LogP contribution in [0.1, 0.15) is 56.0 Å². The second-order valence-electron chi connectivity index (χ2n) is 8.82. The summed E-state index contributed by atoms with van der Waals surface area (Å²) in [6, 6.07) is 8.58. The zero-order chi connectivity index (χ0) is 23.1. The number of esters is 1. The number of cyclic esters (lactones) is 1. The van der Waals surface area contributed by atoms with E-state index in [0.717, 1.165) is 47.0 Å². The van der Waals surface area contributed by atoms with Gasteiger partial charge >= 0.3 is 5.97 Å². The summed E-state index contributed by atoms with van der Waals surface area (Å²) in [5.74, 6) is -0.223. The van der Waals surface area contributed by atoms with Gasteiger partial charge in [-0.1, -0.05) is 6.07 Å². The molecule has 2 aliphatic heterocycles. The van der Waals surface area contributed by atoms with Gasteiger partial charge in [0.2, 0.25) is 0 Å². The zero-order valence-corrected chi connectivity index (χ0v) is 19.7. The fourth-order valence-corrected chi connectivity index (χ4v) is 5.66. The van der Waals surface area contributed by atoms with Gasteiger partial charge < -0.3 is 10.1 Å². The van der Waals surface area contributed by atoms with Gasteiger partial charge in [-0.3, -0.25) is 9.88 Å². The zero-order valence-electron chi connectivity index (χ0n) is 18.9. The maximum Gasteiger partial charge on any atom is 0.338 e. The van der Waals surface area contributed by atoms with E-state index in [2.05, 4.69) is 46.2 Å². The number of aryl methyl sites for hydroxylation is 1. The van der Waals surface area contributed by atoms with E-state index < -0.39 is 0 Å². The molecule has 2 aromatic heterocycles. The number of aromatic nitrogens is 2. The molecule has 7 nitrogen and oxygen atoms in total. The van der Waals surface area contributed by atoms with Crippen molar-refractivity contribution >= 4 is 17.3 Å². The number of rotatable bonds is 4. The van der Waals surface area contributed by atoms with Crippen LogP contribution in [-0.2, 0) is 17.9 Å². The molecule has 168 valence electrons. The predicted molar refractivity (Wildman–Crippen MR) is 126 cm³/mol. The van der Waals surface area contributed by atoms with Crippen molar-refractivity contribution in [1.29, 1.82) is 5.26 Å². The minimum Gasteiger partial charge on any atom is -0.457 e. The Hall–Kier alpha value is -3.12. The molecule has 1 saturated heterocycles. The summed E-state index contributed by atoms with van der Waals surface area (Å²) in [5, 5.41) is 13.7. The highest BCUT2D eigenvalue weighted by Crippen LogP contribution is 2.32. The van der Waals surface area contributed by atoms with Gasteiger partial charge in [-0.05, 0) is 49.6 Å². The van der Waals surface area contributed by atoms with Crippen LogP contribution in [0, 0.1) is 25.2 Å². The van der Waals surface area contributed by atoms with Crippen molar-refractivity contribution in [2.75, 3.05) is 13.1 Å². The van der Waals surface area contributed by atoms with E-state index >= 15 is 0 Å². The Morgan fingerprint density at radius 1 is 1.27 bits per heavy atom. The first-order valence-electron chi connectivity index (χ1n) is 11.0. The highest BCUT2D eigenvalue weighted by molar-refractivity contribution is 7.14. The van der Waals surface area contributed by atoms with Gasteiger partial charge in [-0.2, -0.15) is 5.26 Å². The van der Waals surface area contributed by atoms with Crippen LogP contribution in [0.3, 0.4) is 0 Å². The SMILES string of the molecule is Cc1cc(-c2ncc(CN3C[C@H](C)N[C@@H](c4ccc5c(c4C)COC5=O)C3)s2)ncc1C#N. The summed E-state index contributed by atoms with van der Waals surface area (Å²) in [6.45, 7) is 9.22. The highest BCUT2D eigenvalue weighted by atomic mass is 32.1. The van der Waals surface area contributed by atoms with Crippen molar-refractivity contribution in [1.82, 2.24) is 20.2 Å². The minimum atomic E-state index is -0.223. The van der Waals surface area contributed by atoms with Crippen LogP contribution >= 0.6 is 11.3 Å². The van der Waals surface area contributed by atoms with E-state index in [0.29, 0.717) is 23.8 Å². The molecule has 1 N–H and O–H groups in total. The maximum atomic E-state index is 11.9. The molecule has 2 atom stereocenters. The van der Waals surface area contributed by atoms with Crippen molar-refractivity contribution in [3.8, 4) is 16.8 Å². The lowest BCUT2D eigenvalue weighted by molar-refractivity contribution is 0.0535. The van der Waals surface area contributed by atoms with Crippen LogP contribution in [0.25, 0.3) is 10.7 Å². The maximum absolute atomic E-state index is 11.9. The monoisotopic (exact) mass is 459 g/mol. The molecule has 0 bridgehead atoms. The molecule has 0 aliphatic carbocycles. The summed E-state index contributed by atoms with van der Waals surface area (Å²) >= 11 is 1.65. The fraction of sp³-hybridized carbons (Fsp3) is 0.360. The number of ether oxygens (including phenoxy) is 1. The first-order chi connectivity index (χ1) is 15.9. The number of thiazole rings is 1. The Bertz CT molecular complexity index is 1280. The number of nitrogens with one attached hydrogen (secondary N) is 1. The van der Waals surface area contributed by atoms with E-state index in [1.165, 1.54) is 10.4 Å². The summed E-state index contributed by atoms with van der Waals surface area (Å²) in [6.07, 6.45) is 3.55. The molecule has 33 heavy (non-hydrogen) atoms. The van der Waals surface area contributed by atoms with Gasteiger partial charge in [-0.15, -0.1) is 11.3 Å². The molecule has 4 heterocycles. The van der Waals surface area contributed by atoms with Crippen LogP contribution in [-0.4, -0.2) is 40.0 Å². The van der Waals surface area contributed by atoms with E-state index in [4.69, 9.17) is 10.00 Å². The molecule has 8 heteroatoms. The van der Waals surface area contributed by atoms with E-state index in [1.54, 1.807) is 17.5 Å². The van der Waals surface area contributed by atoms with Crippen molar-refractivity contribution in [2.45, 2.75) is 46.0 Å². The average molecular weight is 460 g/mol. The van der Waals surface area contributed by atoms with Crippen LogP contribution in [0.15, 0.2) is 30.6 Å². The molecule has 5 rings (SSSR count). The van der Waals surface area contributed by atoms with E-state index in [1.807, 2.05) is 25.3 Å². The van der Waals surface area contributed by atoms with Gasteiger partial charge in [0.25, 0.3) is 0 Å². The smallest absolute Gasteiger partial charge is 0.338 e. The van der Waals surface area contributed by atoms with E-state index in [-0.39, 0.29) is 12.0 Å². The largest absolute Gasteiger partial charge is 0.457 e. The first kappa shape index (κ1) is 21.7. The third kappa shape index (κ3) is 4.15. The predicted octanol–water partition coefficient (Wildman–Crippen LogP) is 3.90. The van der Waals surface area contributed by atoms with Crippen LogP contribution < -0.4 is 5.32 Å². The number of pyridine rings is 1. The average Bonchev–Trinajstić information content (AvgIpc) is 3.41. The molecular formula is C25H25N5O2S. The number of piperazine rings is 1. The molecular weight excluding hydrogens is 434 g/mol. The number of nitriles is 1. The lowest BCUT2D eigenvalue weighted by Crippen LogP contribution is -2.50. The lowest BCUT2D eigenvalue weighted by Gasteiger charge is -2.38. The number of benzene rings is 1. The third-order valence-electron chi connectivity index (χ3n) is 6.43. The Labute approximate surface area is 197 Å². The second-order valence-corrected chi connectivity index (χ2v) is 9.94. The molecule has 0 radical (unpaired) electrons. The molecule has 2 aliphatic rings. The minimum absolute atomic E-state index is 0.185. The summed E-state index contributed by atoms with van der Waals surface area (Å²) in [7, 11) is 0. The molecule has 0 saturated carbocycles. The molecule has 0 unspecified atom stereocenters. The van der Waals surface area contributed by atoms with Gasteiger partial charge in [0.1, 0.15) is 17.7 Å². The molecule has 3 aromatic rings. The number of carbonyl (C=O) groups is 1. The number of fused-ring (bicyclic) bond motifs is 1. The number of hydrogen-bond donors (Lipinski definition) is 1. The Balaban J connectivity index is 1.33. The number of nitrogens with zero attached hydrogens (tertiary/aromatic N) is 4. The quantitative estimate of drug-likeness (QED) is 0.592. The third-order valence-corrected chi connectivity index (χ3v) is 7.43. The fourth-order valence-electron chi connectivity index (χ4n) is 4.74. The second kappa shape index (κ2) is 8.67. The van der Waals surface area contributed by atoms with Gasteiger partial charge in [0.05, 0.1) is 16.8 Å². The van der Waals surface area contributed by atoms with Gasteiger partial charge in [0, 0.05) is 54.6 Å². The summed E-state index contributed by atoms with van der Waals surface area (Å²) < 4.78 is 5.23. The topological polar surface area (TPSA) is 91.1 Å². The Kier molecular flexibility index (Phi) is 5.71. The van der Waals surface area contributed by atoms with Gasteiger partial charge in [-0.25, -0.2) is 9.78 Å². The van der Waals surface area contributed by atoms with Crippen LogP contribution in [0.2, 0.25) is 0 Å². The molecule has 0 amide bonds. The number of carbonyl (C=O) groups excluding carboxylic acids is 1. The lowest BCUT2D eigenvalue weighted by atomic mass is 9.92. The van der Waals surface area contributed by atoms with Gasteiger partial charge in [0.15, 0.2) is 0 Å². The number of hydrogen-bond acceptors (Lipinski definition) is 8. The van der Waals surface area contributed by atoms with E-state index in [9.17, 15) is 4.79 Å².